The van der Waals surface area contributed by atoms with E-state index in [0.29, 0.717) is 16.4 Å². The molecule has 0 radical (unpaired) electrons. The van der Waals surface area contributed by atoms with E-state index in [-0.39, 0.29) is 17.6 Å². The van der Waals surface area contributed by atoms with Crippen LogP contribution in [0.25, 0.3) is 0 Å². The Morgan fingerprint density at radius 1 is 1.19 bits per heavy atom. The number of rotatable bonds is 4. The number of aromatic nitrogens is 1. The lowest BCUT2D eigenvalue weighted by Gasteiger charge is -2.20. The summed E-state index contributed by atoms with van der Waals surface area (Å²) in [5.74, 6) is -0.416. The molecular formula is C19H18N4O3S. The van der Waals surface area contributed by atoms with E-state index in [4.69, 9.17) is 4.42 Å². The van der Waals surface area contributed by atoms with Gasteiger partial charge in [-0.15, -0.1) is 11.3 Å². The van der Waals surface area contributed by atoms with E-state index in [1.165, 1.54) is 22.5 Å². The first-order valence-corrected chi connectivity index (χ1v) is 9.33. The Hall–Kier alpha value is -2.97. The first kappa shape index (κ1) is 17.4. The molecule has 3 heterocycles. The number of hydrogen-bond acceptors (Lipinski definition) is 6. The molecule has 0 fully saturated rings. The van der Waals surface area contributed by atoms with Crippen LogP contribution in [0.5, 0.6) is 0 Å². The first-order chi connectivity index (χ1) is 13.1. The molecule has 0 atom stereocenters. The van der Waals surface area contributed by atoms with Crippen LogP contribution >= 0.6 is 11.3 Å². The van der Waals surface area contributed by atoms with Crippen molar-refractivity contribution >= 4 is 34.0 Å². The topological polar surface area (TPSA) is 87.5 Å². The number of benzene rings is 1. The van der Waals surface area contributed by atoms with Crippen molar-refractivity contribution in [2.45, 2.75) is 13.0 Å². The molecule has 0 saturated carbocycles. The van der Waals surface area contributed by atoms with Gasteiger partial charge in [-0.2, -0.15) is 0 Å². The maximum Gasteiger partial charge on any atom is 0.291 e. The molecular weight excluding hydrogens is 364 g/mol. The second kappa shape index (κ2) is 7.34. The number of thiazole rings is 1. The quantitative estimate of drug-likeness (QED) is 0.723. The minimum absolute atomic E-state index is 0.211. The molecule has 0 spiro atoms. The molecule has 8 heteroatoms. The van der Waals surface area contributed by atoms with Crippen LogP contribution in [0.3, 0.4) is 0 Å². The van der Waals surface area contributed by atoms with Gasteiger partial charge in [0.25, 0.3) is 11.8 Å². The van der Waals surface area contributed by atoms with Crippen LogP contribution in [0.15, 0.2) is 47.1 Å². The van der Waals surface area contributed by atoms with Crippen LogP contribution in [0.4, 0.5) is 10.8 Å². The van der Waals surface area contributed by atoms with Crippen LogP contribution in [0, 0.1) is 0 Å². The maximum absolute atomic E-state index is 12.6. The molecule has 2 N–H and O–H groups in total. The van der Waals surface area contributed by atoms with Crippen molar-refractivity contribution in [3.05, 3.63) is 64.6 Å². The number of carbonyl (C=O) groups excluding carboxylic acids is 2. The fraction of sp³-hybridized carbons (Fsp3) is 0.211. The van der Waals surface area contributed by atoms with Crippen LogP contribution in [0.2, 0.25) is 0 Å². The number of anilines is 2. The Labute approximate surface area is 160 Å². The highest BCUT2D eigenvalue weighted by Crippen LogP contribution is 2.28. The van der Waals surface area contributed by atoms with Gasteiger partial charge in [0.2, 0.25) is 0 Å². The number of fused-ring (bicyclic) bond motifs is 1. The van der Waals surface area contributed by atoms with Gasteiger partial charge < -0.3 is 14.6 Å². The average molecular weight is 382 g/mol. The zero-order valence-electron chi connectivity index (χ0n) is 14.7. The summed E-state index contributed by atoms with van der Waals surface area (Å²) in [7, 11) is 2.07. The Morgan fingerprint density at radius 2 is 2.07 bits per heavy atom. The summed E-state index contributed by atoms with van der Waals surface area (Å²) in [6.07, 6.45) is 2.33. The van der Waals surface area contributed by atoms with Gasteiger partial charge in [0.1, 0.15) is 0 Å². The van der Waals surface area contributed by atoms with Crippen molar-refractivity contribution in [3.8, 4) is 0 Å². The van der Waals surface area contributed by atoms with Crippen molar-refractivity contribution in [3.63, 3.8) is 0 Å². The predicted octanol–water partition coefficient (Wildman–Crippen LogP) is 3.23. The van der Waals surface area contributed by atoms with Crippen molar-refractivity contribution in [2.24, 2.45) is 0 Å². The summed E-state index contributed by atoms with van der Waals surface area (Å²) in [5.41, 5.74) is 2.02. The number of nitrogens with zero attached hydrogens (tertiary/aromatic N) is 2. The lowest BCUT2D eigenvalue weighted by molar-refractivity contribution is 0.0993. The monoisotopic (exact) mass is 382 g/mol. The summed E-state index contributed by atoms with van der Waals surface area (Å²) in [6.45, 7) is 1.83. The van der Waals surface area contributed by atoms with Crippen LogP contribution in [-0.4, -0.2) is 35.3 Å². The van der Waals surface area contributed by atoms with Crippen molar-refractivity contribution in [1.82, 2.24) is 9.88 Å². The largest absolute Gasteiger partial charge is 0.459 e. The van der Waals surface area contributed by atoms with Gasteiger partial charge in [0.05, 0.1) is 12.0 Å². The summed E-state index contributed by atoms with van der Waals surface area (Å²) in [5, 5.41) is 6.18. The van der Waals surface area contributed by atoms with Crippen molar-refractivity contribution in [1.29, 1.82) is 0 Å². The van der Waals surface area contributed by atoms with Gasteiger partial charge >= 0.3 is 0 Å². The standard InChI is InChI=1S/C19H18N4O3S/c1-23-8-7-14-16(11-23)27-19(21-14)22-17(24)12-4-2-5-13(10-12)20-18(25)15-6-3-9-26-15/h2-6,9-10H,7-8,11H2,1H3,(H,20,25)(H,21,22,24). The SMILES string of the molecule is CN1CCc2nc(NC(=O)c3cccc(NC(=O)c4ccco4)c3)sc2C1. The smallest absolute Gasteiger partial charge is 0.291 e. The third kappa shape index (κ3) is 3.91. The molecule has 2 aromatic heterocycles. The second-order valence-corrected chi connectivity index (χ2v) is 7.43. The third-order valence-electron chi connectivity index (χ3n) is 4.27. The zero-order valence-corrected chi connectivity index (χ0v) is 15.5. The van der Waals surface area contributed by atoms with Gasteiger partial charge in [0.15, 0.2) is 10.9 Å². The van der Waals surface area contributed by atoms with E-state index in [9.17, 15) is 9.59 Å². The Balaban J connectivity index is 1.45. The number of likely N-dealkylation sites (N-methyl/N-ethyl adjacent to an activating group) is 1. The normalized spacial score (nSPS) is 13.8. The number of furan rings is 1. The fourth-order valence-corrected chi connectivity index (χ4v) is 3.97. The Kier molecular flexibility index (Phi) is 4.74. The third-order valence-corrected chi connectivity index (χ3v) is 5.27. The lowest BCUT2D eigenvalue weighted by atomic mass is 10.2. The highest BCUT2D eigenvalue weighted by atomic mass is 32.1. The van der Waals surface area contributed by atoms with E-state index in [1.807, 2.05) is 0 Å². The fourth-order valence-electron chi connectivity index (χ4n) is 2.88. The van der Waals surface area contributed by atoms with Gasteiger partial charge in [-0.05, 0) is 37.4 Å². The van der Waals surface area contributed by atoms with E-state index < -0.39 is 0 Å². The molecule has 1 aliphatic rings. The maximum atomic E-state index is 12.6. The van der Waals surface area contributed by atoms with Gasteiger partial charge in [-0.1, -0.05) is 6.07 Å². The Bertz CT molecular complexity index is 981. The van der Waals surface area contributed by atoms with Crippen LogP contribution < -0.4 is 10.6 Å². The van der Waals surface area contributed by atoms with Gasteiger partial charge in [-0.25, -0.2) is 4.98 Å². The molecule has 3 aromatic rings. The molecule has 0 bridgehead atoms. The number of carbonyl (C=O) groups is 2. The molecule has 0 unspecified atom stereocenters. The summed E-state index contributed by atoms with van der Waals surface area (Å²) in [4.78, 5) is 32.6. The van der Waals surface area contributed by atoms with Crippen molar-refractivity contribution in [2.75, 3.05) is 24.2 Å². The van der Waals surface area contributed by atoms with E-state index in [0.717, 1.165) is 25.2 Å². The average Bonchev–Trinajstić information content (AvgIpc) is 3.31. The van der Waals surface area contributed by atoms with Gasteiger partial charge in [-0.3, -0.25) is 14.9 Å². The molecule has 2 amide bonds. The summed E-state index contributed by atoms with van der Waals surface area (Å²) < 4.78 is 5.07. The molecule has 4 rings (SSSR count). The zero-order chi connectivity index (χ0) is 18.8. The van der Waals surface area contributed by atoms with E-state index in [1.54, 1.807) is 36.4 Å². The summed E-state index contributed by atoms with van der Waals surface area (Å²) >= 11 is 1.51. The Morgan fingerprint density at radius 3 is 2.89 bits per heavy atom. The predicted molar refractivity (Wildman–Crippen MR) is 103 cm³/mol. The minimum Gasteiger partial charge on any atom is -0.459 e. The lowest BCUT2D eigenvalue weighted by Crippen LogP contribution is -2.25. The number of amides is 2. The molecule has 1 aromatic carbocycles. The highest BCUT2D eigenvalue weighted by molar-refractivity contribution is 7.15. The van der Waals surface area contributed by atoms with Crippen molar-refractivity contribution < 1.29 is 14.0 Å². The second-order valence-electron chi connectivity index (χ2n) is 6.34. The number of hydrogen-bond donors (Lipinski definition) is 2. The molecule has 0 saturated heterocycles. The van der Waals surface area contributed by atoms with Crippen LogP contribution in [0.1, 0.15) is 31.5 Å². The highest BCUT2D eigenvalue weighted by Gasteiger charge is 2.19. The molecule has 27 heavy (non-hydrogen) atoms. The van der Waals surface area contributed by atoms with Gasteiger partial charge in [0, 0.05) is 35.6 Å². The molecule has 0 aliphatic carbocycles. The molecule has 1 aliphatic heterocycles. The first-order valence-electron chi connectivity index (χ1n) is 8.52. The molecule has 7 nitrogen and oxygen atoms in total. The number of nitrogens with one attached hydrogen (secondary N) is 2. The summed E-state index contributed by atoms with van der Waals surface area (Å²) in [6, 6.07) is 9.97. The van der Waals surface area contributed by atoms with E-state index in [2.05, 4.69) is 27.6 Å². The van der Waals surface area contributed by atoms with E-state index >= 15 is 0 Å². The minimum atomic E-state index is -0.366. The molecule has 138 valence electrons. The van der Waals surface area contributed by atoms with Crippen LogP contribution in [-0.2, 0) is 13.0 Å².